The summed E-state index contributed by atoms with van der Waals surface area (Å²) in [6.07, 6.45) is 0. The molecule has 0 aliphatic carbocycles. The monoisotopic (exact) mass is 407 g/mol. The van der Waals surface area contributed by atoms with Crippen molar-refractivity contribution < 1.29 is 21.8 Å². The van der Waals surface area contributed by atoms with Crippen LogP contribution in [0.5, 0.6) is 0 Å². The van der Waals surface area contributed by atoms with Crippen molar-refractivity contribution in [3.05, 3.63) is 69.7 Å². The highest BCUT2D eigenvalue weighted by atomic mass is 79.9. The lowest BCUT2D eigenvalue weighted by Crippen LogP contribution is -3.00. The summed E-state index contributed by atoms with van der Waals surface area (Å²) in [5, 5.41) is 8.14. The van der Waals surface area contributed by atoms with Gasteiger partial charge in [0.25, 0.3) is 0 Å². The number of fused-ring (bicyclic) bond motifs is 1. The molecule has 0 radical (unpaired) electrons. The van der Waals surface area contributed by atoms with Gasteiger partial charge in [-0.25, -0.2) is 0 Å². The normalized spacial score (nSPS) is 12.8. The molecular formula is C16H13Br2N2O-. The fourth-order valence-electron chi connectivity index (χ4n) is 2.38. The predicted octanol–water partition coefficient (Wildman–Crippen LogP) is 0.477. The first-order valence-corrected chi connectivity index (χ1v) is 7.15. The quantitative estimate of drug-likeness (QED) is 0.750. The maximum Gasteiger partial charge on any atom is 0.182 e. The number of amidine groups is 1. The van der Waals surface area contributed by atoms with Crippen molar-refractivity contribution in [2.24, 2.45) is 0 Å². The molecule has 3 nitrogen and oxygen atoms in total. The van der Waals surface area contributed by atoms with Gasteiger partial charge in [-0.15, -0.1) is 0 Å². The summed E-state index contributed by atoms with van der Waals surface area (Å²) in [7, 11) is 0. The Morgan fingerprint density at radius 2 is 1.81 bits per heavy atom. The number of hydrogen-bond acceptors (Lipinski definition) is 2. The Labute approximate surface area is 142 Å². The van der Waals surface area contributed by atoms with Gasteiger partial charge in [-0.2, -0.15) is 0 Å². The maximum atomic E-state index is 12.3. The molecule has 0 fully saturated rings. The van der Waals surface area contributed by atoms with Crippen LogP contribution < -0.4 is 17.0 Å². The number of nitrogens with zero attached hydrogens (tertiary/aromatic N) is 1. The first kappa shape index (κ1) is 15.9. The largest absolute Gasteiger partial charge is 1.00 e. The Hall–Kier alpha value is -1.46. The molecule has 1 aliphatic heterocycles. The van der Waals surface area contributed by atoms with Crippen LogP contribution in [0.25, 0.3) is 0 Å². The van der Waals surface area contributed by atoms with Gasteiger partial charge in [0.05, 0.1) is 6.54 Å². The molecule has 0 spiro atoms. The molecule has 2 aromatic rings. The molecule has 3 rings (SSSR count). The molecule has 0 atom stereocenters. The van der Waals surface area contributed by atoms with Gasteiger partial charge >= 0.3 is 0 Å². The van der Waals surface area contributed by atoms with E-state index in [0.29, 0.717) is 17.9 Å². The van der Waals surface area contributed by atoms with Crippen molar-refractivity contribution in [1.29, 1.82) is 5.41 Å². The summed E-state index contributed by atoms with van der Waals surface area (Å²) in [4.78, 5) is 14.1. The molecule has 5 heteroatoms. The van der Waals surface area contributed by atoms with E-state index in [1.54, 1.807) is 12.1 Å². The fourth-order valence-corrected chi connectivity index (χ4v) is 2.64. The number of carbonyl (C=O) groups is 1. The lowest BCUT2D eigenvalue weighted by molar-refractivity contribution is -0.0000119. The standard InChI is InChI=1S/C16H13BrN2O.BrH/c17-13-7-5-11(6-8-13)15(20)10-19-9-12-3-1-2-4-14(12)16(19)18;/h1-8,18H,9-10H2;1H/p-1. The lowest BCUT2D eigenvalue weighted by Gasteiger charge is -2.16. The lowest BCUT2D eigenvalue weighted by atomic mass is 10.1. The minimum absolute atomic E-state index is 0. The van der Waals surface area contributed by atoms with Crippen LogP contribution >= 0.6 is 15.9 Å². The van der Waals surface area contributed by atoms with Gasteiger partial charge < -0.3 is 21.9 Å². The highest BCUT2D eigenvalue weighted by Crippen LogP contribution is 2.22. The van der Waals surface area contributed by atoms with Crippen LogP contribution in [0.1, 0.15) is 21.5 Å². The molecule has 0 amide bonds. The van der Waals surface area contributed by atoms with Gasteiger partial charge in [0, 0.05) is 22.1 Å². The number of benzene rings is 2. The molecule has 0 aromatic heterocycles. The second kappa shape index (κ2) is 6.54. The predicted molar refractivity (Wildman–Crippen MR) is 82.2 cm³/mol. The van der Waals surface area contributed by atoms with E-state index >= 15 is 0 Å². The number of halogens is 2. The summed E-state index contributed by atoms with van der Waals surface area (Å²) in [6.45, 7) is 0.881. The van der Waals surface area contributed by atoms with Gasteiger partial charge in [-0.1, -0.05) is 52.3 Å². The highest BCUT2D eigenvalue weighted by Gasteiger charge is 2.25. The number of hydrogen-bond donors (Lipinski definition) is 1. The van der Waals surface area contributed by atoms with Crippen molar-refractivity contribution in [3.8, 4) is 0 Å². The van der Waals surface area contributed by atoms with Crippen molar-refractivity contribution >= 4 is 27.5 Å². The van der Waals surface area contributed by atoms with Gasteiger partial charge in [0.2, 0.25) is 0 Å². The van der Waals surface area contributed by atoms with E-state index in [4.69, 9.17) is 5.41 Å². The molecule has 2 aromatic carbocycles. The summed E-state index contributed by atoms with van der Waals surface area (Å²) < 4.78 is 0.954. The molecule has 1 heterocycles. The Balaban J connectivity index is 0.00000161. The van der Waals surface area contributed by atoms with Crippen molar-refractivity contribution in [1.82, 2.24) is 4.90 Å². The maximum absolute atomic E-state index is 12.3. The number of Topliss-reactive ketones (excluding diaryl/α,β-unsaturated/α-hetero) is 1. The molecule has 1 aliphatic rings. The Bertz CT molecular complexity index is 683. The van der Waals surface area contributed by atoms with Crippen LogP contribution in [0.4, 0.5) is 0 Å². The number of ketones is 1. The molecule has 108 valence electrons. The van der Waals surface area contributed by atoms with Gasteiger partial charge in [-0.05, 0) is 17.7 Å². The Morgan fingerprint density at radius 1 is 1.14 bits per heavy atom. The zero-order chi connectivity index (χ0) is 14.1. The summed E-state index contributed by atoms with van der Waals surface area (Å²) in [5.74, 6) is 0.473. The van der Waals surface area contributed by atoms with Crippen LogP contribution in [-0.2, 0) is 6.54 Å². The van der Waals surface area contributed by atoms with E-state index in [2.05, 4.69) is 15.9 Å². The van der Waals surface area contributed by atoms with Crippen LogP contribution in [0.15, 0.2) is 53.0 Å². The van der Waals surface area contributed by atoms with E-state index < -0.39 is 0 Å². The fraction of sp³-hybridized carbons (Fsp3) is 0.125. The first-order chi connectivity index (χ1) is 9.65. The van der Waals surface area contributed by atoms with Gasteiger partial charge in [0.1, 0.15) is 5.84 Å². The number of carbonyl (C=O) groups excluding carboxylic acids is 1. The second-order valence-corrected chi connectivity index (χ2v) is 5.71. The van der Waals surface area contributed by atoms with E-state index in [0.717, 1.165) is 15.6 Å². The van der Waals surface area contributed by atoms with Crippen LogP contribution in [0.2, 0.25) is 0 Å². The van der Waals surface area contributed by atoms with Gasteiger partial charge in [-0.3, -0.25) is 10.2 Å². The second-order valence-electron chi connectivity index (χ2n) is 4.79. The van der Waals surface area contributed by atoms with E-state index in [-0.39, 0.29) is 29.3 Å². The molecular weight excluding hydrogens is 396 g/mol. The number of rotatable bonds is 3. The molecule has 1 N–H and O–H groups in total. The Morgan fingerprint density at radius 3 is 2.48 bits per heavy atom. The van der Waals surface area contributed by atoms with Crippen molar-refractivity contribution in [2.75, 3.05) is 6.54 Å². The average molecular weight is 409 g/mol. The molecule has 0 saturated heterocycles. The zero-order valence-corrected chi connectivity index (χ0v) is 14.3. The third kappa shape index (κ3) is 3.24. The topological polar surface area (TPSA) is 44.2 Å². The van der Waals surface area contributed by atoms with Crippen molar-refractivity contribution in [2.45, 2.75) is 6.54 Å². The van der Waals surface area contributed by atoms with Crippen LogP contribution in [-0.4, -0.2) is 23.1 Å². The number of nitrogens with one attached hydrogen (secondary N) is 1. The van der Waals surface area contributed by atoms with Crippen molar-refractivity contribution in [3.63, 3.8) is 0 Å². The minimum Gasteiger partial charge on any atom is -1.00 e. The summed E-state index contributed by atoms with van der Waals surface area (Å²) >= 11 is 3.36. The van der Waals surface area contributed by atoms with E-state index in [1.807, 2.05) is 41.3 Å². The van der Waals surface area contributed by atoms with E-state index in [1.165, 1.54) is 0 Å². The smallest absolute Gasteiger partial charge is 0.182 e. The third-order valence-corrected chi connectivity index (χ3v) is 3.98. The molecule has 21 heavy (non-hydrogen) atoms. The van der Waals surface area contributed by atoms with E-state index in [9.17, 15) is 4.79 Å². The SMILES string of the molecule is N=C1c2ccccc2CN1CC(=O)c1ccc(Br)cc1.[Br-]. The molecule has 0 bridgehead atoms. The molecule has 0 saturated carbocycles. The van der Waals surface area contributed by atoms with Gasteiger partial charge in [0.15, 0.2) is 5.78 Å². The first-order valence-electron chi connectivity index (χ1n) is 6.35. The Kier molecular flexibility index (Phi) is 4.96. The molecule has 0 unspecified atom stereocenters. The zero-order valence-electron chi connectivity index (χ0n) is 11.1. The highest BCUT2D eigenvalue weighted by molar-refractivity contribution is 9.10. The minimum atomic E-state index is 0. The van der Waals surface area contributed by atoms with Crippen LogP contribution in [0.3, 0.4) is 0 Å². The summed E-state index contributed by atoms with van der Waals surface area (Å²) in [5.41, 5.74) is 2.72. The average Bonchev–Trinajstić information content (AvgIpc) is 2.77. The third-order valence-electron chi connectivity index (χ3n) is 3.45. The summed E-state index contributed by atoms with van der Waals surface area (Å²) in [6, 6.07) is 15.2. The van der Waals surface area contributed by atoms with Crippen LogP contribution in [0, 0.1) is 5.41 Å².